The van der Waals surface area contributed by atoms with Crippen LogP contribution < -0.4 is 10.1 Å². The summed E-state index contributed by atoms with van der Waals surface area (Å²) in [4.78, 5) is 24.6. The smallest absolute Gasteiger partial charge is 0.296 e. The van der Waals surface area contributed by atoms with Gasteiger partial charge in [-0.1, -0.05) is 35.5 Å². The van der Waals surface area contributed by atoms with Crippen LogP contribution in [-0.4, -0.2) is 18.8 Å². The van der Waals surface area contributed by atoms with Gasteiger partial charge in [-0.25, -0.2) is 0 Å². The second kappa shape index (κ2) is 5.42. The third-order valence-electron chi connectivity index (χ3n) is 3.06. The van der Waals surface area contributed by atoms with E-state index in [9.17, 15) is 9.59 Å². The van der Waals surface area contributed by atoms with Crippen molar-refractivity contribution in [1.29, 1.82) is 0 Å². The summed E-state index contributed by atoms with van der Waals surface area (Å²) < 4.78 is 5.30. The summed E-state index contributed by atoms with van der Waals surface area (Å²) in [6.07, 6.45) is 0. The number of ketones is 1. The maximum atomic E-state index is 11.6. The van der Waals surface area contributed by atoms with Crippen LogP contribution in [0.1, 0.15) is 10.4 Å². The molecule has 0 saturated heterocycles. The number of rotatable bonds is 3. The van der Waals surface area contributed by atoms with Gasteiger partial charge < -0.3 is 10.1 Å². The molecule has 0 unspecified atom stereocenters. The number of hydrogen-bond donors (Lipinski definition) is 1. The number of ether oxygens (including phenoxy) is 1. The summed E-state index contributed by atoms with van der Waals surface area (Å²) in [5.41, 5.74) is 0.807. The number of Topliss-reactive ketones (excluding diaryl/α,β-unsaturated/α-hetero) is 1. The van der Waals surface area contributed by atoms with E-state index in [2.05, 4.69) is 5.32 Å². The number of halogens is 1. The first-order valence-electron chi connectivity index (χ1n) is 6.10. The number of para-hydroxylation sites is 1. The highest BCUT2D eigenvalue weighted by Crippen LogP contribution is 2.41. The third kappa shape index (κ3) is 2.50. The first kappa shape index (κ1) is 14.0. The number of nitrogens with one attached hydrogen (secondary N) is 1. The Kier molecular flexibility index (Phi) is 3.61. The van der Waals surface area contributed by atoms with E-state index < -0.39 is 11.7 Å². The van der Waals surface area contributed by atoms with Crippen molar-refractivity contribution in [3.63, 3.8) is 0 Å². The second-order valence-electron chi connectivity index (χ2n) is 4.36. The van der Waals surface area contributed by atoms with Crippen LogP contribution in [0.4, 0.5) is 5.69 Å². The molecule has 0 aromatic heterocycles. The molecule has 2 aromatic carbocycles. The monoisotopic (exact) mass is 319 g/mol. The van der Waals surface area contributed by atoms with Gasteiger partial charge in [-0.3, -0.25) is 9.59 Å². The molecule has 4 nitrogen and oxygen atoms in total. The molecule has 0 radical (unpaired) electrons. The number of methoxy groups -OCH3 is 1. The Hall–Kier alpha value is -1.98. The molecule has 0 atom stereocenters. The molecule has 0 bridgehead atoms. The topological polar surface area (TPSA) is 55.4 Å². The van der Waals surface area contributed by atoms with Crippen molar-refractivity contribution < 1.29 is 14.3 Å². The zero-order valence-corrected chi connectivity index (χ0v) is 12.5. The van der Waals surface area contributed by atoms with Gasteiger partial charge >= 0.3 is 0 Å². The number of anilines is 1. The molecule has 1 aliphatic rings. The summed E-state index contributed by atoms with van der Waals surface area (Å²) in [5, 5.41) is 2.96. The van der Waals surface area contributed by atoms with Gasteiger partial charge in [-0.05, 0) is 24.3 Å². The van der Waals surface area contributed by atoms with Gasteiger partial charge in [0.2, 0.25) is 0 Å². The number of amides is 1. The van der Waals surface area contributed by atoms with Crippen LogP contribution in [0.3, 0.4) is 0 Å². The minimum absolute atomic E-state index is 0.314. The van der Waals surface area contributed by atoms with Crippen molar-refractivity contribution in [2.45, 2.75) is 9.79 Å². The van der Waals surface area contributed by atoms with E-state index in [4.69, 9.17) is 16.3 Å². The molecular weight excluding hydrogens is 310 g/mol. The normalized spacial score (nSPS) is 13.0. The summed E-state index contributed by atoms with van der Waals surface area (Å²) >= 11 is 7.63. The molecule has 106 valence electrons. The van der Waals surface area contributed by atoms with E-state index in [1.807, 2.05) is 24.3 Å². The lowest BCUT2D eigenvalue weighted by atomic mass is 10.1. The first-order valence-corrected chi connectivity index (χ1v) is 7.29. The molecular formula is C15H10ClNO3S. The van der Waals surface area contributed by atoms with Gasteiger partial charge in [0.05, 0.1) is 28.3 Å². The van der Waals surface area contributed by atoms with E-state index in [1.54, 1.807) is 13.2 Å². The van der Waals surface area contributed by atoms with E-state index in [-0.39, 0.29) is 0 Å². The Morgan fingerprint density at radius 1 is 1.14 bits per heavy atom. The van der Waals surface area contributed by atoms with Crippen LogP contribution in [0.25, 0.3) is 0 Å². The van der Waals surface area contributed by atoms with E-state index in [0.717, 1.165) is 15.5 Å². The molecule has 0 saturated carbocycles. The van der Waals surface area contributed by atoms with Crippen molar-refractivity contribution in [2.24, 2.45) is 0 Å². The summed E-state index contributed by atoms with van der Waals surface area (Å²) in [6, 6.07) is 10.8. The predicted molar refractivity (Wildman–Crippen MR) is 81.5 cm³/mol. The van der Waals surface area contributed by atoms with Crippen LogP contribution in [-0.2, 0) is 4.79 Å². The van der Waals surface area contributed by atoms with Crippen LogP contribution in [0, 0.1) is 0 Å². The molecule has 6 heteroatoms. The minimum Gasteiger partial charge on any atom is -0.496 e. The summed E-state index contributed by atoms with van der Waals surface area (Å²) in [6.45, 7) is 0. The highest BCUT2D eigenvalue weighted by atomic mass is 35.5. The van der Waals surface area contributed by atoms with Crippen LogP contribution in [0.2, 0.25) is 5.02 Å². The van der Waals surface area contributed by atoms with Crippen molar-refractivity contribution in [2.75, 3.05) is 12.4 Å². The average molecular weight is 320 g/mol. The third-order valence-corrected chi connectivity index (χ3v) is 4.60. The quantitative estimate of drug-likeness (QED) is 0.878. The fraction of sp³-hybridized carbons (Fsp3) is 0.0667. The molecule has 1 amide bonds. The van der Waals surface area contributed by atoms with Gasteiger partial charge in [0.15, 0.2) is 0 Å². The Morgan fingerprint density at radius 3 is 2.67 bits per heavy atom. The van der Waals surface area contributed by atoms with Gasteiger partial charge in [-0.15, -0.1) is 0 Å². The number of carbonyl (C=O) groups excluding carboxylic acids is 2. The SMILES string of the molecule is COc1ccccc1Sc1cc2c(cc1Cl)C(=O)C(=O)N2. The van der Waals surface area contributed by atoms with Crippen molar-refractivity contribution in [3.8, 4) is 5.75 Å². The van der Waals surface area contributed by atoms with Crippen molar-refractivity contribution >= 4 is 40.7 Å². The molecule has 21 heavy (non-hydrogen) atoms. The lowest BCUT2D eigenvalue weighted by Gasteiger charge is -2.10. The van der Waals surface area contributed by atoms with Gasteiger partial charge in [0, 0.05) is 4.90 Å². The maximum absolute atomic E-state index is 11.6. The average Bonchev–Trinajstić information content (AvgIpc) is 2.75. The van der Waals surface area contributed by atoms with Crippen LogP contribution in [0.5, 0.6) is 5.75 Å². The van der Waals surface area contributed by atoms with Gasteiger partial charge in [0.1, 0.15) is 5.75 Å². The van der Waals surface area contributed by atoms with Gasteiger partial charge in [0.25, 0.3) is 11.7 Å². The highest BCUT2D eigenvalue weighted by Gasteiger charge is 2.29. The molecule has 1 aliphatic heterocycles. The molecule has 2 aromatic rings. The minimum atomic E-state index is -0.625. The molecule has 1 heterocycles. The Bertz CT molecular complexity index is 761. The summed E-state index contributed by atoms with van der Waals surface area (Å²) in [7, 11) is 1.60. The molecule has 0 fully saturated rings. The standard InChI is InChI=1S/C15H10ClNO3S/c1-20-11-4-2-3-5-12(11)21-13-7-10-8(6-9(13)16)14(18)15(19)17-10/h2-7H,1H3,(H,17,18,19). The molecule has 1 N–H and O–H groups in total. The van der Waals surface area contributed by atoms with E-state index >= 15 is 0 Å². The Morgan fingerprint density at radius 2 is 1.90 bits per heavy atom. The lowest BCUT2D eigenvalue weighted by Crippen LogP contribution is -2.12. The van der Waals surface area contributed by atoms with Crippen LogP contribution >= 0.6 is 23.4 Å². The van der Waals surface area contributed by atoms with Crippen molar-refractivity contribution in [3.05, 3.63) is 47.0 Å². The molecule has 0 spiro atoms. The largest absolute Gasteiger partial charge is 0.496 e. The fourth-order valence-corrected chi connectivity index (χ4v) is 3.29. The number of carbonyl (C=O) groups is 2. The lowest BCUT2D eigenvalue weighted by molar-refractivity contribution is -0.112. The van der Waals surface area contributed by atoms with Crippen LogP contribution in [0.15, 0.2) is 46.2 Å². The number of fused-ring (bicyclic) bond motifs is 1. The van der Waals surface area contributed by atoms with E-state index in [0.29, 0.717) is 16.3 Å². The predicted octanol–water partition coefficient (Wildman–Crippen LogP) is 3.63. The number of hydrogen-bond acceptors (Lipinski definition) is 4. The maximum Gasteiger partial charge on any atom is 0.296 e. The molecule has 3 rings (SSSR count). The zero-order valence-electron chi connectivity index (χ0n) is 11.0. The first-order chi connectivity index (χ1) is 10.1. The number of benzene rings is 2. The highest BCUT2D eigenvalue weighted by molar-refractivity contribution is 7.99. The fourth-order valence-electron chi connectivity index (χ4n) is 2.05. The Labute approximate surface area is 130 Å². The second-order valence-corrected chi connectivity index (χ2v) is 5.86. The van der Waals surface area contributed by atoms with E-state index in [1.165, 1.54) is 17.8 Å². The molecule has 0 aliphatic carbocycles. The summed E-state index contributed by atoms with van der Waals surface area (Å²) in [5.74, 6) is -0.444. The zero-order chi connectivity index (χ0) is 15.0. The van der Waals surface area contributed by atoms with Gasteiger partial charge in [-0.2, -0.15) is 0 Å². The van der Waals surface area contributed by atoms with Crippen molar-refractivity contribution in [1.82, 2.24) is 0 Å². The Balaban J connectivity index is 1.99.